The monoisotopic (exact) mass is 577 g/mol. The fraction of sp³-hybridized carbons (Fsp3) is 0.393. The van der Waals surface area contributed by atoms with Gasteiger partial charge in [0.05, 0.1) is 12.2 Å². The van der Waals surface area contributed by atoms with Gasteiger partial charge in [-0.3, -0.25) is 4.98 Å². The van der Waals surface area contributed by atoms with Crippen LogP contribution in [-0.4, -0.2) is 67.9 Å². The second-order valence-corrected chi connectivity index (χ2v) is 12.0. The summed E-state index contributed by atoms with van der Waals surface area (Å²) in [6.45, 7) is 0.244. The highest BCUT2D eigenvalue weighted by Crippen LogP contribution is 2.39. The number of halogens is 3. The van der Waals surface area contributed by atoms with Gasteiger partial charge in [0.15, 0.2) is 0 Å². The van der Waals surface area contributed by atoms with Crippen molar-refractivity contribution in [2.45, 2.75) is 37.5 Å². The maximum absolute atomic E-state index is 13.9. The molecule has 1 aliphatic heterocycles. The molecule has 2 N–H and O–H groups in total. The Morgan fingerprint density at radius 1 is 1.10 bits per heavy atom. The van der Waals surface area contributed by atoms with Crippen molar-refractivity contribution in [2.24, 2.45) is 0 Å². The van der Waals surface area contributed by atoms with E-state index in [-0.39, 0.29) is 19.7 Å². The molecule has 0 radical (unpaired) electrons. The van der Waals surface area contributed by atoms with Gasteiger partial charge in [0, 0.05) is 48.8 Å². The standard InChI is InChI=1S/C28H34F3N5O3S/c1-34(2)15-16-39-27-10-6-9-26-25(27)20-35(40(37,38)28(29,30)31)19-24(12-11-21-7-4-3-5-8-21)36(26)18-23-17-22(32)13-14-33-23/h3-10,13-14,17,24H,11-12,15-16,18-20H2,1-2H3,(H2,32,33)/t24-/m0/s1. The minimum absolute atomic E-state index is 0.221. The van der Waals surface area contributed by atoms with Crippen molar-refractivity contribution < 1.29 is 26.3 Å². The average Bonchev–Trinajstić information content (AvgIpc) is 3.05. The molecule has 12 heteroatoms. The van der Waals surface area contributed by atoms with Gasteiger partial charge in [-0.05, 0) is 56.8 Å². The summed E-state index contributed by atoms with van der Waals surface area (Å²) in [5, 5.41) is 0. The third-order valence-corrected chi connectivity index (χ3v) is 8.36. The van der Waals surface area contributed by atoms with E-state index < -0.39 is 28.1 Å². The first kappa shape index (κ1) is 29.6. The summed E-state index contributed by atoms with van der Waals surface area (Å²) in [7, 11) is -1.87. The van der Waals surface area contributed by atoms with Crippen molar-refractivity contribution in [3.05, 3.63) is 83.7 Å². The highest BCUT2D eigenvalue weighted by molar-refractivity contribution is 7.89. The Bertz CT molecular complexity index is 1390. The summed E-state index contributed by atoms with van der Waals surface area (Å²) in [5.74, 6) is 0.343. The maximum atomic E-state index is 13.9. The summed E-state index contributed by atoms with van der Waals surface area (Å²) in [5.41, 5.74) is 3.64. The fourth-order valence-electron chi connectivity index (χ4n) is 4.75. The van der Waals surface area contributed by atoms with Crippen LogP contribution >= 0.6 is 0 Å². The number of sulfonamides is 1. The van der Waals surface area contributed by atoms with Gasteiger partial charge in [-0.15, -0.1) is 0 Å². The second kappa shape index (κ2) is 12.4. The molecular weight excluding hydrogens is 543 g/mol. The predicted octanol–water partition coefficient (Wildman–Crippen LogP) is 4.28. The summed E-state index contributed by atoms with van der Waals surface area (Å²) >= 11 is 0. The molecule has 1 aromatic heterocycles. The number of nitrogens with zero attached hydrogens (tertiary/aromatic N) is 4. The van der Waals surface area contributed by atoms with E-state index in [4.69, 9.17) is 10.5 Å². The quantitative estimate of drug-likeness (QED) is 0.385. The van der Waals surface area contributed by atoms with E-state index in [2.05, 4.69) is 4.98 Å². The second-order valence-electron chi connectivity index (χ2n) is 10.0. The zero-order chi connectivity index (χ0) is 28.9. The number of aromatic nitrogens is 1. The third-order valence-electron chi connectivity index (χ3n) is 6.82. The number of pyridine rings is 1. The fourth-order valence-corrected chi connectivity index (χ4v) is 5.71. The van der Waals surface area contributed by atoms with Crippen LogP contribution < -0.4 is 15.4 Å². The minimum Gasteiger partial charge on any atom is -0.492 e. The first-order valence-corrected chi connectivity index (χ1v) is 14.4. The Hall–Kier alpha value is -3.35. The van der Waals surface area contributed by atoms with E-state index in [1.165, 1.54) is 0 Å². The number of aryl methyl sites for hydroxylation is 1. The van der Waals surface area contributed by atoms with E-state index in [1.54, 1.807) is 36.5 Å². The van der Waals surface area contributed by atoms with Crippen LogP contribution in [0.1, 0.15) is 23.2 Å². The topological polar surface area (TPSA) is 92.0 Å². The molecule has 1 atom stereocenters. The van der Waals surface area contributed by atoms with Crippen molar-refractivity contribution >= 4 is 21.4 Å². The number of benzene rings is 2. The molecule has 0 bridgehead atoms. The number of nitrogens with two attached hydrogens (primary N) is 1. The number of fused-ring (bicyclic) bond motifs is 1. The number of ether oxygens (including phenoxy) is 1. The molecule has 0 spiro atoms. The lowest BCUT2D eigenvalue weighted by Crippen LogP contribution is -2.47. The molecule has 216 valence electrons. The molecule has 0 unspecified atom stereocenters. The van der Waals surface area contributed by atoms with Crippen LogP contribution in [0.25, 0.3) is 0 Å². The van der Waals surface area contributed by atoms with E-state index in [0.717, 1.165) is 5.56 Å². The number of rotatable bonds is 10. The minimum atomic E-state index is -5.63. The van der Waals surface area contributed by atoms with Crippen LogP contribution in [0.5, 0.6) is 5.75 Å². The predicted molar refractivity (Wildman–Crippen MR) is 149 cm³/mol. The van der Waals surface area contributed by atoms with Gasteiger partial charge in [-0.2, -0.15) is 17.5 Å². The molecule has 3 aromatic rings. The van der Waals surface area contributed by atoms with Crippen LogP contribution in [0.15, 0.2) is 66.9 Å². The number of nitrogen functional groups attached to an aromatic ring is 1. The van der Waals surface area contributed by atoms with Crippen molar-refractivity contribution in [1.29, 1.82) is 0 Å². The average molecular weight is 578 g/mol. The van der Waals surface area contributed by atoms with Gasteiger partial charge in [0.25, 0.3) is 0 Å². The van der Waals surface area contributed by atoms with Gasteiger partial charge < -0.3 is 20.3 Å². The largest absolute Gasteiger partial charge is 0.511 e. The summed E-state index contributed by atoms with van der Waals surface area (Å²) in [6.07, 6.45) is 2.52. The molecule has 0 saturated carbocycles. The lowest BCUT2D eigenvalue weighted by atomic mass is 10.0. The van der Waals surface area contributed by atoms with E-state index in [9.17, 15) is 21.6 Å². The molecule has 0 aliphatic carbocycles. The lowest BCUT2D eigenvalue weighted by Gasteiger charge is -2.34. The Balaban J connectivity index is 1.81. The Morgan fingerprint density at radius 2 is 1.85 bits per heavy atom. The Labute approximate surface area is 233 Å². The van der Waals surface area contributed by atoms with Crippen LogP contribution in [0.3, 0.4) is 0 Å². The van der Waals surface area contributed by atoms with Crippen LogP contribution in [0.4, 0.5) is 24.5 Å². The molecule has 2 heterocycles. The smallest absolute Gasteiger partial charge is 0.492 e. The van der Waals surface area contributed by atoms with Gasteiger partial charge in [0.2, 0.25) is 0 Å². The molecule has 0 saturated heterocycles. The Kier molecular flexibility index (Phi) is 9.22. The van der Waals surface area contributed by atoms with Crippen LogP contribution in [0, 0.1) is 0 Å². The highest BCUT2D eigenvalue weighted by atomic mass is 32.2. The zero-order valence-corrected chi connectivity index (χ0v) is 23.3. The lowest BCUT2D eigenvalue weighted by molar-refractivity contribution is -0.0492. The summed E-state index contributed by atoms with van der Waals surface area (Å²) in [4.78, 5) is 8.27. The maximum Gasteiger partial charge on any atom is 0.511 e. The van der Waals surface area contributed by atoms with Gasteiger partial charge >= 0.3 is 15.5 Å². The first-order valence-electron chi connectivity index (χ1n) is 12.9. The van der Waals surface area contributed by atoms with Gasteiger partial charge in [-0.25, -0.2) is 8.42 Å². The van der Waals surface area contributed by atoms with E-state index in [0.29, 0.717) is 52.1 Å². The molecule has 2 aromatic carbocycles. The van der Waals surface area contributed by atoms with Crippen molar-refractivity contribution in [2.75, 3.05) is 44.4 Å². The molecule has 1 aliphatic rings. The number of hydrogen-bond acceptors (Lipinski definition) is 7. The van der Waals surface area contributed by atoms with Crippen LogP contribution in [0.2, 0.25) is 0 Å². The van der Waals surface area contributed by atoms with E-state index in [1.807, 2.05) is 54.2 Å². The molecule has 4 rings (SSSR count). The molecular formula is C28H34F3N5O3S. The van der Waals surface area contributed by atoms with Crippen molar-refractivity contribution in [3.63, 3.8) is 0 Å². The molecule has 0 amide bonds. The van der Waals surface area contributed by atoms with Gasteiger partial charge in [-0.1, -0.05) is 36.4 Å². The number of hydrogen-bond donors (Lipinski definition) is 1. The molecule has 0 fully saturated rings. The normalized spacial score (nSPS) is 16.6. The zero-order valence-electron chi connectivity index (χ0n) is 22.5. The molecule has 40 heavy (non-hydrogen) atoms. The Morgan fingerprint density at radius 3 is 2.52 bits per heavy atom. The van der Waals surface area contributed by atoms with E-state index >= 15 is 0 Å². The number of likely N-dealkylation sites (N-methyl/N-ethyl adjacent to an activating group) is 1. The SMILES string of the molecule is CN(C)CCOc1cccc2c1CN(S(=O)(=O)C(F)(F)F)C[C@H](CCc1ccccc1)N2Cc1cc(N)ccn1. The summed E-state index contributed by atoms with van der Waals surface area (Å²) < 4.78 is 73.8. The number of anilines is 2. The van der Waals surface area contributed by atoms with Crippen molar-refractivity contribution in [3.8, 4) is 5.75 Å². The first-order chi connectivity index (χ1) is 19.0. The highest BCUT2D eigenvalue weighted by Gasteiger charge is 2.51. The van der Waals surface area contributed by atoms with Crippen LogP contribution in [-0.2, 0) is 29.5 Å². The summed E-state index contributed by atoms with van der Waals surface area (Å²) in [6, 6.07) is 17.5. The molecule has 8 nitrogen and oxygen atoms in total. The third kappa shape index (κ3) is 7.04. The van der Waals surface area contributed by atoms with Crippen molar-refractivity contribution in [1.82, 2.24) is 14.2 Å². The number of alkyl halides is 3. The van der Waals surface area contributed by atoms with Gasteiger partial charge in [0.1, 0.15) is 12.4 Å².